The Kier molecular flexibility index (Phi) is 5.50. The van der Waals surface area contributed by atoms with E-state index >= 15 is 0 Å². The van der Waals surface area contributed by atoms with E-state index in [0.717, 1.165) is 24.4 Å². The lowest BCUT2D eigenvalue weighted by molar-refractivity contribution is 0.00624. The van der Waals surface area contributed by atoms with E-state index in [2.05, 4.69) is 18.7 Å². The van der Waals surface area contributed by atoms with Gasteiger partial charge in [-0.2, -0.15) is 0 Å². The van der Waals surface area contributed by atoms with Gasteiger partial charge in [-0.05, 0) is 44.1 Å². The largest absolute Gasteiger partial charge is 0.329 e. The second kappa shape index (κ2) is 6.91. The molecule has 0 radical (unpaired) electrons. The number of nitrogens with zero attached hydrogens (tertiary/aromatic N) is 1. The van der Waals surface area contributed by atoms with Gasteiger partial charge in [-0.15, -0.1) is 0 Å². The molecule has 1 heterocycles. The summed E-state index contributed by atoms with van der Waals surface area (Å²) < 4.78 is 0. The van der Waals surface area contributed by atoms with Gasteiger partial charge in [0, 0.05) is 18.6 Å². The van der Waals surface area contributed by atoms with Crippen molar-refractivity contribution in [3.05, 3.63) is 0 Å². The van der Waals surface area contributed by atoms with Gasteiger partial charge in [-0.1, -0.05) is 39.5 Å². The molecule has 2 heteroatoms. The smallest absolute Gasteiger partial charge is 0.0249 e. The van der Waals surface area contributed by atoms with Crippen LogP contribution in [0.25, 0.3) is 0 Å². The number of nitrogens with two attached hydrogens (primary N) is 1. The highest BCUT2D eigenvalue weighted by molar-refractivity contribution is 4.92. The van der Waals surface area contributed by atoms with Gasteiger partial charge in [0.15, 0.2) is 0 Å². The van der Waals surface area contributed by atoms with Crippen molar-refractivity contribution in [1.82, 2.24) is 4.90 Å². The van der Waals surface area contributed by atoms with E-state index in [-0.39, 0.29) is 0 Å². The number of piperidine rings is 1. The van der Waals surface area contributed by atoms with Crippen LogP contribution in [0.4, 0.5) is 0 Å². The minimum Gasteiger partial charge on any atom is -0.329 e. The summed E-state index contributed by atoms with van der Waals surface area (Å²) in [4.78, 5) is 2.82. The summed E-state index contributed by atoms with van der Waals surface area (Å²) in [5.74, 6) is 1.78. The monoisotopic (exact) mass is 252 g/mol. The molecule has 0 bridgehead atoms. The lowest BCUT2D eigenvalue weighted by Gasteiger charge is -2.49. The molecule has 2 rings (SSSR count). The molecule has 0 aromatic carbocycles. The van der Waals surface area contributed by atoms with Crippen molar-refractivity contribution in [3.8, 4) is 0 Å². The second-order valence-corrected chi connectivity index (χ2v) is 6.37. The summed E-state index contributed by atoms with van der Waals surface area (Å²) in [6, 6.07) is 1.51. The van der Waals surface area contributed by atoms with Crippen molar-refractivity contribution in [3.63, 3.8) is 0 Å². The molecule has 1 unspecified atom stereocenters. The van der Waals surface area contributed by atoms with Crippen molar-refractivity contribution in [2.75, 3.05) is 13.1 Å². The minimum absolute atomic E-state index is 0.644. The van der Waals surface area contributed by atoms with Gasteiger partial charge >= 0.3 is 0 Å². The first-order chi connectivity index (χ1) is 8.81. The third-order valence-corrected chi connectivity index (χ3v) is 5.55. The van der Waals surface area contributed by atoms with Crippen molar-refractivity contribution >= 4 is 0 Å². The average molecular weight is 252 g/mol. The van der Waals surface area contributed by atoms with Crippen LogP contribution < -0.4 is 5.73 Å². The molecular weight excluding hydrogens is 220 g/mol. The summed E-state index contributed by atoms with van der Waals surface area (Å²) in [7, 11) is 0. The number of likely N-dealkylation sites (tertiary alicyclic amines) is 1. The maximum Gasteiger partial charge on any atom is 0.0249 e. The zero-order valence-corrected chi connectivity index (χ0v) is 12.4. The maximum atomic E-state index is 6.14. The van der Waals surface area contributed by atoms with Crippen molar-refractivity contribution in [1.29, 1.82) is 0 Å². The van der Waals surface area contributed by atoms with Gasteiger partial charge in [0.2, 0.25) is 0 Å². The predicted molar refractivity (Wildman–Crippen MR) is 78.6 cm³/mol. The topological polar surface area (TPSA) is 29.3 Å². The van der Waals surface area contributed by atoms with Crippen LogP contribution >= 0.6 is 0 Å². The Morgan fingerprint density at radius 3 is 2.39 bits per heavy atom. The summed E-state index contributed by atoms with van der Waals surface area (Å²) in [5, 5.41) is 0. The van der Waals surface area contributed by atoms with E-state index in [4.69, 9.17) is 5.73 Å². The Bertz CT molecular complexity index is 235. The lowest BCUT2D eigenvalue weighted by atomic mass is 9.76. The molecule has 0 amide bonds. The van der Waals surface area contributed by atoms with Crippen LogP contribution in [0.1, 0.15) is 65.2 Å². The van der Waals surface area contributed by atoms with E-state index in [1.54, 1.807) is 0 Å². The van der Waals surface area contributed by atoms with Gasteiger partial charge in [-0.25, -0.2) is 0 Å². The van der Waals surface area contributed by atoms with Gasteiger partial charge < -0.3 is 5.73 Å². The molecule has 1 saturated heterocycles. The molecular formula is C16H32N2. The third kappa shape index (κ3) is 2.91. The molecule has 0 spiro atoms. The average Bonchev–Trinajstić information content (AvgIpc) is 2.44. The van der Waals surface area contributed by atoms with Gasteiger partial charge in [0.05, 0.1) is 0 Å². The molecule has 3 atom stereocenters. The molecule has 1 saturated carbocycles. The first kappa shape index (κ1) is 14.3. The van der Waals surface area contributed by atoms with Gasteiger partial charge in [0.25, 0.3) is 0 Å². The number of fused-ring (bicyclic) bond motifs is 1. The molecule has 2 nitrogen and oxygen atoms in total. The Labute approximate surface area is 113 Å². The van der Waals surface area contributed by atoms with Crippen LogP contribution in [-0.4, -0.2) is 30.1 Å². The lowest BCUT2D eigenvalue weighted by Crippen LogP contribution is -2.56. The standard InChI is InChI=1S/C16H32N2/c1-3-13(4-2)16(12-17)18-11-7-9-14-8-5-6-10-15(14)18/h13-16H,3-12,17H2,1-2H3/t14-,15-,16?/m1/s1. The zero-order chi connectivity index (χ0) is 13.0. The van der Waals surface area contributed by atoms with Gasteiger partial charge in [0.1, 0.15) is 0 Å². The van der Waals surface area contributed by atoms with Crippen LogP contribution in [0.5, 0.6) is 0 Å². The fourth-order valence-corrected chi connectivity index (χ4v) is 4.51. The second-order valence-electron chi connectivity index (χ2n) is 6.37. The molecule has 1 aliphatic heterocycles. The van der Waals surface area contributed by atoms with E-state index in [1.807, 2.05) is 0 Å². The summed E-state index contributed by atoms with van der Waals surface area (Å²) in [6.07, 6.45) is 11.3. The van der Waals surface area contributed by atoms with E-state index < -0.39 is 0 Å². The number of hydrogen-bond donors (Lipinski definition) is 1. The quantitative estimate of drug-likeness (QED) is 0.812. The first-order valence-electron chi connectivity index (χ1n) is 8.27. The molecule has 2 fully saturated rings. The SMILES string of the molecule is CCC(CC)C(CN)N1CCC[C@H]2CCCC[C@H]21. The van der Waals surface area contributed by atoms with E-state index in [1.165, 1.54) is 57.9 Å². The highest BCUT2D eigenvalue weighted by Gasteiger charge is 2.37. The summed E-state index contributed by atoms with van der Waals surface area (Å²) in [6.45, 7) is 6.83. The molecule has 0 aromatic heterocycles. The number of hydrogen-bond acceptors (Lipinski definition) is 2. The molecule has 1 aliphatic carbocycles. The van der Waals surface area contributed by atoms with Crippen LogP contribution in [0.15, 0.2) is 0 Å². The highest BCUT2D eigenvalue weighted by atomic mass is 15.2. The Balaban J connectivity index is 2.07. The Morgan fingerprint density at radius 1 is 1.06 bits per heavy atom. The van der Waals surface area contributed by atoms with E-state index in [0.29, 0.717) is 6.04 Å². The van der Waals surface area contributed by atoms with E-state index in [9.17, 15) is 0 Å². The fraction of sp³-hybridized carbons (Fsp3) is 1.00. The van der Waals surface area contributed by atoms with Crippen LogP contribution in [0.2, 0.25) is 0 Å². The molecule has 18 heavy (non-hydrogen) atoms. The Morgan fingerprint density at radius 2 is 1.72 bits per heavy atom. The number of rotatable bonds is 5. The van der Waals surface area contributed by atoms with Crippen LogP contribution in [-0.2, 0) is 0 Å². The summed E-state index contributed by atoms with van der Waals surface area (Å²) in [5.41, 5.74) is 6.14. The van der Waals surface area contributed by atoms with Crippen LogP contribution in [0, 0.1) is 11.8 Å². The predicted octanol–water partition coefficient (Wildman–Crippen LogP) is 3.40. The first-order valence-corrected chi connectivity index (χ1v) is 8.27. The zero-order valence-electron chi connectivity index (χ0n) is 12.4. The molecule has 2 aliphatic rings. The third-order valence-electron chi connectivity index (χ3n) is 5.55. The van der Waals surface area contributed by atoms with Crippen molar-refractivity contribution < 1.29 is 0 Å². The van der Waals surface area contributed by atoms with Crippen molar-refractivity contribution in [2.24, 2.45) is 17.6 Å². The Hall–Kier alpha value is -0.0800. The minimum atomic E-state index is 0.644. The molecule has 2 N–H and O–H groups in total. The normalized spacial score (nSPS) is 31.3. The van der Waals surface area contributed by atoms with Crippen LogP contribution in [0.3, 0.4) is 0 Å². The maximum absolute atomic E-state index is 6.14. The molecule has 0 aromatic rings. The molecule has 106 valence electrons. The fourth-order valence-electron chi connectivity index (χ4n) is 4.51. The van der Waals surface area contributed by atoms with Gasteiger partial charge in [-0.3, -0.25) is 4.90 Å². The highest BCUT2D eigenvalue weighted by Crippen LogP contribution is 2.37. The van der Waals surface area contributed by atoms with Crippen molar-refractivity contribution in [2.45, 2.75) is 77.3 Å². The summed E-state index contributed by atoms with van der Waals surface area (Å²) >= 11 is 0.